The zero-order valence-electron chi connectivity index (χ0n) is 11.6. The minimum Gasteiger partial charge on any atom is -0.335 e. The van der Waals surface area contributed by atoms with Crippen LogP contribution < -0.4 is 0 Å². The van der Waals surface area contributed by atoms with Gasteiger partial charge in [-0.25, -0.2) is 0 Å². The number of hydrogen-bond acceptors (Lipinski definition) is 1. The van der Waals surface area contributed by atoms with Crippen LogP contribution in [0.15, 0.2) is 41.5 Å². The molecule has 0 saturated heterocycles. The standard InChI is InChI=1S/C17H21NO/c1-2-10-18-12-15-11-14(8-9-16(15)17(18)19)13-6-4-3-5-7-13/h3-7,14H,2,8-12H2,1H3. The highest BCUT2D eigenvalue weighted by molar-refractivity contribution is 5.97. The molecule has 0 bridgehead atoms. The van der Waals surface area contributed by atoms with Crippen LogP contribution in [0.3, 0.4) is 0 Å². The molecule has 1 aromatic rings. The summed E-state index contributed by atoms with van der Waals surface area (Å²) >= 11 is 0. The Morgan fingerprint density at radius 1 is 1.26 bits per heavy atom. The van der Waals surface area contributed by atoms with E-state index < -0.39 is 0 Å². The minimum atomic E-state index is 0.309. The number of benzene rings is 1. The van der Waals surface area contributed by atoms with Gasteiger partial charge in [0.25, 0.3) is 0 Å². The van der Waals surface area contributed by atoms with Crippen molar-refractivity contribution in [3.63, 3.8) is 0 Å². The van der Waals surface area contributed by atoms with Crippen LogP contribution in [-0.2, 0) is 4.79 Å². The summed E-state index contributed by atoms with van der Waals surface area (Å²) in [6, 6.07) is 10.7. The normalized spacial score (nSPS) is 22.9. The molecule has 1 aromatic carbocycles. The van der Waals surface area contributed by atoms with Crippen LogP contribution >= 0.6 is 0 Å². The summed E-state index contributed by atoms with van der Waals surface area (Å²) in [6.45, 7) is 3.92. The zero-order valence-corrected chi connectivity index (χ0v) is 11.6. The van der Waals surface area contributed by atoms with Crippen molar-refractivity contribution >= 4 is 5.91 Å². The Balaban J connectivity index is 1.76. The van der Waals surface area contributed by atoms with Gasteiger partial charge in [0.2, 0.25) is 5.91 Å². The van der Waals surface area contributed by atoms with E-state index in [0.29, 0.717) is 11.8 Å². The molecule has 100 valence electrons. The molecule has 2 nitrogen and oxygen atoms in total. The van der Waals surface area contributed by atoms with E-state index in [-0.39, 0.29) is 0 Å². The van der Waals surface area contributed by atoms with Crippen molar-refractivity contribution in [3.8, 4) is 0 Å². The summed E-state index contributed by atoms with van der Waals surface area (Å²) in [7, 11) is 0. The molecule has 0 saturated carbocycles. The number of nitrogens with zero attached hydrogens (tertiary/aromatic N) is 1. The van der Waals surface area contributed by atoms with Crippen molar-refractivity contribution in [2.75, 3.05) is 13.1 Å². The Bertz CT molecular complexity index is 503. The smallest absolute Gasteiger partial charge is 0.250 e. The highest BCUT2D eigenvalue weighted by Crippen LogP contribution is 2.39. The molecular weight excluding hydrogens is 234 g/mol. The van der Waals surface area contributed by atoms with Gasteiger partial charge in [0.15, 0.2) is 0 Å². The number of amides is 1. The van der Waals surface area contributed by atoms with Crippen molar-refractivity contribution in [2.45, 2.75) is 38.5 Å². The lowest BCUT2D eigenvalue weighted by Gasteiger charge is -2.23. The van der Waals surface area contributed by atoms with Crippen molar-refractivity contribution in [1.82, 2.24) is 4.90 Å². The summed E-state index contributed by atoms with van der Waals surface area (Å²) < 4.78 is 0. The fourth-order valence-electron chi connectivity index (χ4n) is 3.39. The third kappa shape index (κ3) is 2.32. The van der Waals surface area contributed by atoms with Gasteiger partial charge >= 0.3 is 0 Å². The summed E-state index contributed by atoms with van der Waals surface area (Å²) in [6.07, 6.45) is 4.21. The average molecular weight is 255 g/mol. The lowest BCUT2D eigenvalue weighted by atomic mass is 9.81. The summed E-state index contributed by atoms with van der Waals surface area (Å²) in [5.41, 5.74) is 3.95. The predicted octanol–water partition coefficient (Wildman–Crippen LogP) is 3.50. The Morgan fingerprint density at radius 2 is 2.05 bits per heavy atom. The lowest BCUT2D eigenvalue weighted by molar-refractivity contribution is -0.125. The van der Waals surface area contributed by atoms with Crippen LogP contribution in [0.2, 0.25) is 0 Å². The fraction of sp³-hybridized carbons (Fsp3) is 0.471. The first-order chi connectivity index (χ1) is 9.29. The molecule has 0 fully saturated rings. The van der Waals surface area contributed by atoms with Crippen LogP contribution in [0.5, 0.6) is 0 Å². The first kappa shape index (κ1) is 12.5. The van der Waals surface area contributed by atoms with E-state index in [4.69, 9.17) is 0 Å². The van der Waals surface area contributed by atoms with E-state index in [1.807, 2.05) is 4.90 Å². The van der Waals surface area contributed by atoms with Crippen LogP contribution in [0.1, 0.15) is 44.1 Å². The van der Waals surface area contributed by atoms with Gasteiger partial charge in [0.05, 0.1) is 0 Å². The summed E-state index contributed by atoms with van der Waals surface area (Å²) in [5.74, 6) is 0.915. The molecule has 1 amide bonds. The van der Waals surface area contributed by atoms with Crippen LogP contribution in [0.25, 0.3) is 0 Å². The Hall–Kier alpha value is -1.57. The van der Waals surface area contributed by atoms with Gasteiger partial charge in [0.1, 0.15) is 0 Å². The zero-order chi connectivity index (χ0) is 13.2. The van der Waals surface area contributed by atoms with Gasteiger partial charge in [-0.1, -0.05) is 37.3 Å². The third-order valence-corrected chi connectivity index (χ3v) is 4.35. The highest BCUT2D eigenvalue weighted by Gasteiger charge is 2.34. The molecule has 1 aliphatic carbocycles. The van der Waals surface area contributed by atoms with Gasteiger partial charge in [-0.2, -0.15) is 0 Å². The molecule has 1 unspecified atom stereocenters. The third-order valence-electron chi connectivity index (χ3n) is 4.35. The molecule has 1 aliphatic heterocycles. The maximum Gasteiger partial charge on any atom is 0.250 e. The summed E-state index contributed by atoms with van der Waals surface area (Å²) in [5, 5.41) is 0. The second-order valence-corrected chi connectivity index (χ2v) is 5.66. The van der Waals surface area contributed by atoms with Gasteiger partial charge in [-0.05, 0) is 42.7 Å². The molecular formula is C17H21NO. The first-order valence-electron chi connectivity index (χ1n) is 7.34. The van der Waals surface area contributed by atoms with Gasteiger partial charge in [0, 0.05) is 18.7 Å². The monoisotopic (exact) mass is 255 g/mol. The van der Waals surface area contributed by atoms with E-state index in [1.165, 1.54) is 11.1 Å². The second kappa shape index (κ2) is 5.20. The van der Waals surface area contributed by atoms with Gasteiger partial charge < -0.3 is 4.90 Å². The predicted molar refractivity (Wildman–Crippen MR) is 76.9 cm³/mol. The van der Waals surface area contributed by atoms with Crippen molar-refractivity contribution < 1.29 is 4.79 Å². The number of carbonyl (C=O) groups excluding carboxylic acids is 1. The molecule has 0 spiro atoms. The van der Waals surface area contributed by atoms with E-state index in [0.717, 1.165) is 44.3 Å². The number of hydrogen-bond donors (Lipinski definition) is 0. The topological polar surface area (TPSA) is 20.3 Å². The number of carbonyl (C=O) groups is 1. The maximum absolute atomic E-state index is 12.2. The van der Waals surface area contributed by atoms with Crippen molar-refractivity contribution in [2.24, 2.45) is 0 Å². The van der Waals surface area contributed by atoms with E-state index in [1.54, 1.807) is 0 Å². The first-order valence-corrected chi connectivity index (χ1v) is 7.34. The molecule has 2 heteroatoms. The molecule has 19 heavy (non-hydrogen) atoms. The second-order valence-electron chi connectivity index (χ2n) is 5.66. The molecule has 1 heterocycles. The fourth-order valence-corrected chi connectivity index (χ4v) is 3.39. The minimum absolute atomic E-state index is 0.309. The van der Waals surface area contributed by atoms with E-state index in [9.17, 15) is 4.79 Å². The van der Waals surface area contributed by atoms with Crippen LogP contribution in [0.4, 0.5) is 0 Å². The summed E-state index contributed by atoms with van der Waals surface area (Å²) in [4.78, 5) is 14.3. The molecule has 0 N–H and O–H groups in total. The largest absolute Gasteiger partial charge is 0.335 e. The maximum atomic E-state index is 12.2. The number of rotatable bonds is 3. The molecule has 3 rings (SSSR count). The van der Waals surface area contributed by atoms with Crippen molar-refractivity contribution in [3.05, 3.63) is 47.0 Å². The Morgan fingerprint density at radius 3 is 2.79 bits per heavy atom. The van der Waals surface area contributed by atoms with Crippen molar-refractivity contribution in [1.29, 1.82) is 0 Å². The Labute approximate surface area is 115 Å². The molecule has 1 atom stereocenters. The quantitative estimate of drug-likeness (QED) is 0.809. The Kier molecular flexibility index (Phi) is 3.41. The molecule has 2 aliphatic rings. The van der Waals surface area contributed by atoms with Crippen LogP contribution in [0, 0.1) is 0 Å². The van der Waals surface area contributed by atoms with Gasteiger partial charge in [-0.3, -0.25) is 4.79 Å². The van der Waals surface area contributed by atoms with E-state index in [2.05, 4.69) is 37.3 Å². The van der Waals surface area contributed by atoms with Crippen LogP contribution in [-0.4, -0.2) is 23.9 Å². The molecule has 0 radical (unpaired) electrons. The average Bonchev–Trinajstić information content (AvgIpc) is 2.76. The molecule has 0 aromatic heterocycles. The van der Waals surface area contributed by atoms with E-state index >= 15 is 0 Å². The SMILES string of the molecule is CCCN1CC2=C(CCC(c3ccccc3)C2)C1=O. The van der Waals surface area contributed by atoms with Gasteiger partial charge in [-0.15, -0.1) is 0 Å². The highest BCUT2D eigenvalue weighted by atomic mass is 16.2. The lowest BCUT2D eigenvalue weighted by Crippen LogP contribution is -2.27.